The molecule has 0 spiro atoms. The SMILES string of the molecule is CCc1nccn1CCC(=O)NC1CCCN(CCc2ccccc2)C1. The molecule has 1 aromatic carbocycles. The van der Waals surface area contributed by atoms with Crippen LogP contribution < -0.4 is 5.32 Å². The van der Waals surface area contributed by atoms with Gasteiger partial charge in [0.25, 0.3) is 0 Å². The lowest BCUT2D eigenvalue weighted by atomic mass is 10.0. The number of aryl methyl sites for hydroxylation is 2. The molecule has 1 N–H and O–H groups in total. The van der Waals surface area contributed by atoms with Crippen LogP contribution in [0.2, 0.25) is 0 Å². The molecule has 1 amide bonds. The number of benzene rings is 1. The maximum atomic E-state index is 12.3. The molecule has 0 bridgehead atoms. The summed E-state index contributed by atoms with van der Waals surface area (Å²) < 4.78 is 2.08. The third-order valence-corrected chi connectivity index (χ3v) is 5.13. The summed E-state index contributed by atoms with van der Waals surface area (Å²) >= 11 is 0. The second-order valence-corrected chi connectivity index (χ2v) is 7.08. The van der Waals surface area contributed by atoms with Crippen LogP contribution in [0.4, 0.5) is 0 Å². The lowest BCUT2D eigenvalue weighted by molar-refractivity contribution is -0.122. The van der Waals surface area contributed by atoms with E-state index in [4.69, 9.17) is 0 Å². The van der Waals surface area contributed by atoms with Gasteiger partial charge in [-0.1, -0.05) is 37.3 Å². The Morgan fingerprint density at radius 1 is 1.27 bits per heavy atom. The average Bonchev–Trinajstić information content (AvgIpc) is 3.13. The van der Waals surface area contributed by atoms with Gasteiger partial charge in [0.15, 0.2) is 0 Å². The summed E-state index contributed by atoms with van der Waals surface area (Å²) in [4.78, 5) is 19.1. The Bertz CT molecular complexity index is 682. The number of hydrogen-bond acceptors (Lipinski definition) is 3. The average molecular weight is 354 g/mol. The Kier molecular flexibility index (Phi) is 6.83. The summed E-state index contributed by atoms with van der Waals surface area (Å²) in [6, 6.07) is 10.9. The van der Waals surface area contributed by atoms with Gasteiger partial charge in [-0.3, -0.25) is 4.79 Å². The number of amides is 1. The molecule has 1 atom stereocenters. The zero-order valence-electron chi connectivity index (χ0n) is 15.7. The Hall–Kier alpha value is -2.14. The molecule has 1 aliphatic rings. The van der Waals surface area contributed by atoms with Crippen LogP contribution in [0, 0.1) is 0 Å². The highest BCUT2D eigenvalue weighted by Crippen LogP contribution is 2.12. The fourth-order valence-corrected chi connectivity index (χ4v) is 3.69. The van der Waals surface area contributed by atoms with Crippen molar-refractivity contribution in [3.8, 4) is 0 Å². The number of piperidine rings is 1. The second-order valence-electron chi connectivity index (χ2n) is 7.08. The third-order valence-electron chi connectivity index (χ3n) is 5.13. The molecule has 26 heavy (non-hydrogen) atoms. The highest BCUT2D eigenvalue weighted by Gasteiger charge is 2.21. The van der Waals surface area contributed by atoms with E-state index in [1.54, 1.807) is 0 Å². The molecule has 1 unspecified atom stereocenters. The summed E-state index contributed by atoms with van der Waals surface area (Å²) in [5, 5.41) is 3.23. The fraction of sp³-hybridized carbons (Fsp3) is 0.524. The van der Waals surface area contributed by atoms with Gasteiger partial charge in [-0.15, -0.1) is 0 Å². The highest BCUT2D eigenvalue weighted by molar-refractivity contribution is 5.76. The number of likely N-dealkylation sites (tertiary alicyclic amines) is 1. The van der Waals surface area contributed by atoms with Crippen molar-refractivity contribution in [2.24, 2.45) is 0 Å². The number of imidazole rings is 1. The molecule has 1 aliphatic heterocycles. The van der Waals surface area contributed by atoms with Crippen LogP contribution in [0.5, 0.6) is 0 Å². The van der Waals surface area contributed by atoms with Crippen LogP contribution in [0.15, 0.2) is 42.7 Å². The van der Waals surface area contributed by atoms with Crippen LogP contribution in [0.1, 0.15) is 37.6 Å². The number of carbonyl (C=O) groups is 1. The number of hydrogen-bond donors (Lipinski definition) is 1. The number of aromatic nitrogens is 2. The summed E-state index contributed by atoms with van der Waals surface area (Å²) in [6.07, 6.45) is 8.49. The quantitative estimate of drug-likeness (QED) is 0.793. The van der Waals surface area contributed by atoms with Gasteiger partial charge in [0, 0.05) is 50.9 Å². The van der Waals surface area contributed by atoms with E-state index in [0.717, 1.165) is 51.1 Å². The van der Waals surface area contributed by atoms with Gasteiger partial charge in [-0.25, -0.2) is 4.98 Å². The summed E-state index contributed by atoms with van der Waals surface area (Å²) in [7, 11) is 0. The first-order valence-corrected chi connectivity index (χ1v) is 9.80. The standard InChI is InChI=1S/C21H30N4O/c1-2-20-22-12-16-25(20)15-11-21(26)23-19-9-6-13-24(17-19)14-10-18-7-4-3-5-8-18/h3-5,7-8,12,16,19H,2,6,9-11,13-15,17H2,1H3,(H,23,26). The predicted octanol–water partition coefficient (Wildman–Crippen LogP) is 2.66. The van der Waals surface area contributed by atoms with E-state index in [0.29, 0.717) is 13.0 Å². The maximum Gasteiger partial charge on any atom is 0.222 e. The van der Waals surface area contributed by atoms with Crippen molar-refractivity contribution >= 4 is 5.91 Å². The topological polar surface area (TPSA) is 50.2 Å². The molecule has 2 aromatic rings. The Morgan fingerprint density at radius 3 is 2.92 bits per heavy atom. The molecule has 3 rings (SSSR count). The van der Waals surface area contributed by atoms with Crippen molar-refractivity contribution in [1.82, 2.24) is 19.8 Å². The van der Waals surface area contributed by atoms with Crippen molar-refractivity contribution in [1.29, 1.82) is 0 Å². The van der Waals surface area contributed by atoms with Crippen molar-refractivity contribution in [2.75, 3.05) is 19.6 Å². The molecule has 140 valence electrons. The summed E-state index contributed by atoms with van der Waals surface area (Å²) in [6.45, 7) is 5.95. The zero-order valence-corrected chi connectivity index (χ0v) is 15.7. The van der Waals surface area contributed by atoms with Crippen LogP contribution in [0.3, 0.4) is 0 Å². The number of nitrogens with one attached hydrogen (secondary N) is 1. The van der Waals surface area contributed by atoms with Gasteiger partial charge in [0.2, 0.25) is 5.91 Å². The lowest BCUT2D eigenvalue weighted by Crippen LogP contribution is -2.48. The van der Waals surface area contributed by atoms with Crippen molar-refractivity contribution < 1.29 is 4.79 Å². The van der Waals surface area contributed by atoms with Gasteiger partial charge in [0.1, 0.15) is 5.82 Å². The minimum absolute atomic E-state index is 0.149. The van der Waals surface area contributed by atoms with Crippen LogP contribution >= 0.6 is 0 Å². The smallest absolute Gasteiger partial charge is 0.222 e. The zero-order chi connectivity index (χ0) is 18.2. The van der Waals surface area contributed by atoms with Crippen LogP contribution in [0.25, 0.3) is 0 Å². The Morgan fingerprint density at radius 2 is 2.12 bits per heavy atom. The molecule has 5 heteroatoms. The number of nitrogens with zero attached hydrogens (tertiary/aromatic N) is 3. The second kappa shape index (κ2) is 9.53. The largest absolute Gasteiger partial charge is 0.352 e. The molecule has 1 saturated heterocycles. The molecular formula is C21H30N4O. The van der Waals surface area contributed by atoms with E-state index in [-0.39, 0.29) is 11.9 Å². The summed E-state index contributed by atoms with van der Waals surface area (Å²) in [5.74, 6) is 1.19. The van der Waals surface area contributed by atoms with Gasteiger partial charge in [-0.05, 0) is 31.4 Å². The third kappa shape index (κ3) is 5.43. The minimum Gasteiger partial charge on any atom is -0.352 e. The molecule has 0 saturated carbocycles. The fourth-order valence-electron chi connectivity index (χ4n) is 3.69. The van der Waals surface area contributed by atoms with E-state index in [9.17, 15) is 4.79 Å². The number of carbonyl (C=O) groups excluding carboxylic acids is 1. The van der Waals surface area contributed by atoms with Gasteiger partial charge in [0.05, 0.1) is 0 Å². The van der Waals surface area contributed by atoms with E-state index in [2.05, 4.69) is 57.0 Å². The van der Waals surface area contributed by atoms with E-state index >= 15 is 0 Å². The van der Waals surface area contributed by atoms with E-state index in [1.165, 1.54) is 5.56 Å². The predicted molar refractivity (Wildman–Crippen MR) is 104 cm³/mol. The number of rotatable bonds is 8. The Balaban J connectivity index is 1.40. The van der Waals surface area contributed by atoms with E-state index < -0.39 is 0 Å². The molecule has 1 aromatic heterocycles. The van der Waals surface area contributed by atoms with Crippen molar-refractivity contribution in [2.45, 2.75) is 51.6 Å². The van der Waals surface area contributed by atoms with Crippen LogP contribution in [-0.4, -0.2) is 46.0 Å². The van der Waals surface area contributed by atoms with Crippen molar-refractivity contribution in [3.63, 3.8) is 0 Å². The van der Waals surface area contributed by atoms with Gasteiger partial charge < -0.3 is 14.8 Å². The first kappa shape index (κ1) is 18.6. The van der Waals surface area contributed by atoms with E-state index in [1.807, 2.05) is 12.4 Å². The lowest BCUT2D eigenvalue weighted by Gasteiger charge is -2.33. The van der Waals surface area contributed by atoms with Crippen LogP contribution in [-0.2, 0) is 24.2 Å². The normalized spacial score (nSPS) is 18.0. The first-order chi connectivity index (χ1) is 12.7. The van der Waals surface area contributed by atoms with Gasteiger partial charge >= 0.3 is 0 Å². The highest BCUT2D eigenvalue weighted by atomic mass is 16.1. The Labute approximate surface area is 156 Å². The molecule has 0 radical (unpaired) electrons. The monoisotopic (exact) mass is 354 g/mol. The summed E-state index contributed by atoms with van der Waals surface area (Å²) in [5.41, 5.74) is 1.38. The molecular weight excluding hydrogens is 324 g/mol. The minimum atomic E-state index is 0.149. The molecule has 1 fully saturated rings. The first-order valence-electron chi connectivity index (χ1n) is 9.80. The molecule has 2 heterocycles. The van der Waals surface area contributed by atoms with Gasteiger partial charge in [-0.2, -0.15) is 0 Å². The molecule has 0 aliphatic carbocycles. The molecule has 5 nitrogen and oxygen atoms in total. The maximum absolute atomic E-state index is 12.3. The van der Waals surface area contributed by atoms with Crippen molar-refractivity contribution in [3.05, 3.63) is 54.1 Å².